The minimum absolute atomic E-state index is 0.0457. The first-order valence-electron chi connectivity index (χ1n) is 10.6. The Morgan fingerprint density at radius 3 is 2.70 bits per heavy atom. The fourth-order valence-corrected chi connectivity index (χ4v) is 4.36. The van der Waals surface area contributed by atoms with E-state index in [2.05, 4.69) is 15.0 Å². The van der Waals surface area contributed by atoms with Gasteiger partial charge in [-0.15, -0.1) is 0 Å². The Balaban J connectivity index is 1.59. The molecule has 4 aromatic heterocycles. The molecule has 1 N–H and O–H groups in total. The van der Waals surface area contributed by atoms with E-state index in [0.29, 0.717) is 42.1 Å². The van der Waals surface area contributed by atoms with Crippen LogP contribution in [0.3, 0.4) is 0 Å². The highest BCUT2D eigenvalue weighted by Gasteiger charge is 2.46. The molecule has 0 bridgehead atoms. The van der Waals surface area contributed by atoms with Gasteiger partial charge in [0.05, 0.1) is 23.6 Å². The summed E-state index contributed by atoms with van der Waals surface area (Å²) in [6, 6.07) is 8.30. The molecule has 4 aromatic rings. The number of carbonyl (C=O) groups is 2. The van der Waals surface area contributed by atoms with Crippen LogP contribution in [0.1, 0.15) is 29.4 Å². The number of nitrogens with zero attached hydrogens (tertiary/aromatic N) is 6. The lowest BCUT2D eigenvalue weighted by molar-refractivity contribution is -0.139. The number of likely N-dealkylation sites (tertiary alicyclic amines) is 1. The van der Waals surface area contributed by atoms with Crippen LogP contribution in [-0.2, 0) is 16.1 Å². The fraction of sp³-hybridized carbons (Fsp3) is 0.208. The van der Waals surface area contributed by atoms with Gasteiger partial charge in [0.25, 0.3) is 11.7 Å². The predicted octanol–water partition coefficient (Wildman–Crippen LogP) is 2.75. The number of aromatic nitrogens is 5. The molecule has 1 saturated heterocycles. The van der Waals surface area contributed by atoms with Crippen LogP contribution in [0.4, 0.5) is 0 Å². The van der Waals surface area contributed by atoms with Gasteiger partial charge < -0.3 is 14.6 Å². The summed E-state index contributed by atoms with van der Waals surface area (Å²) in [6.07, 6.45) is 10.9. The van der Waals surface area contributed by atoms with Gasteiger partial charge in [0.1, 0.15) is 11.3 Å². The highest BCUT2D eigenvalue weighted by atomic mass is 16.3. The molecule has 9 nitrogen and oxygen atoms in total. The van der Waals surface area contributed by atoms with Crippen LogP contribution in [0, 0.1) is 6.92 Å². The number of amides is 1. The second-order valence-corrected chi connectivity index (χ2v) is 7.91. The van der Waals surface area contributed by atoms with E-state index < -0.39 is 17.7 Å². The largest absolute Gasteiger partial charge is 0.505 e. The van der Waals surface area contributed by atoms with E-state index in [1.54, 1.807) is 54.6 Å². The summed E-state index contributed by atoms with van der Waals surface area (Å²) in [5, 5.41) is 11.4. The molecule has 9 heteroatoms. The summed E-state index contributed by atoms with van der Waals surface area (Å²) in [5.41, 5.74) is 2.31. The van der Waals surface area contributed by atoms with Crippen molar-refractivity contribution in [2.24, 2.45) is 0 Å². The Morgan fingerprint density at radius 2 is 1.94 bits per heavy atom. The lowest BCUT2D eigenvalue weighted by Crippen LogP contribution is -2.31. The number of aryl methyl sites for hydroxylation is 2. The molecule has 1 aliphatic heterocycles. The molecule has 1 amide bonds. The van der Waals surface area contributed by atoms with Crippen molar-refractivity contribution >= 4 is 23.1 Å². The van der Waals surface area contributed by atoms with E-state index in [0.717, 1.165) is 0 Å². The quantitative estimate of drug-likeness (QED) is 0.280. The summed E-state index contributed by atoms with van der Waals surface area (Å²) >= 11 is 0. The zero-order chi connectivity index (χ0) is 22.9. The third-order valence-corrected chi connectivity index (χ3v) is 5.84. The molecular weight excluding hydrogens is 420 g/mol. The maximum absolute atomic E-state index is 13.2. The van der Waals surface area contributed by atoms with Crippen molar-refractivity contribution in [3.05, 3.63) is 90.2 Å². The Hall–Kier alpha value is -4.27. The average molecular weight is 442 g/mol. The van der Waals surface area contributed by atoms with Gasteiger partial charge in [0.2, 0.25) is 0 Å². The molecular formula is C24H22N6O3. The third kappa shape index (κ3) is 3.57. The van der Waals surface area contributed by atoms with Gasteiger partial charge in [0.15, 0.2) is 5.76 Å². The molecule has 0 spiro atoms. The number of hydrogen-bond donors (Lipinski definition) is 1. The Kier molecular flexibility index (Phi) is 5.21. The number of Topliss-reactive ketones (excluding diaryl/α,β-unsaturated/α-hetero) is 1. The number of hydrogen-bond acceptors (Lipinski definition) is 6. The molecule has 33 heavy (non-hydrogen) atoms. The van der Waals surface area contributed by atoms with E-state index in [-0.39, 0.29) is 11.3 Å². The van der Waals surface area contributed by atoms with Gasteiger partial charge in [-0.05, 0) is 37.1 Å². The second-order valence-electron chi connectivity index (χ2n) is 7.91. The highest BCUT2D eigenvalue weighted by molar-refractivity contribution is 6.46. The van der Waals surface area contributed by atoms with E-state index in [9.17, 15) is 14.7 Å². The van der Waals surface area contributed by atoms with Crippen LogP contribution in [-0.4, -0.2) is 52.2 Å². The predicted molar refractivity (Wildman–Crippen MR) is 120 cm³/mol. The molecule has 5 heterocycles. The first kappa shape index (κ1) is 20.6. The molecule has 1 unspecified atom stereocenters. The highest BCUT2D eigenvalue weighted by Crippen LogP contribution is 2.39. The number of fused-ring (bicyclic) bond motifs is 1. The van der Waals surface area contributed by atoms with Gasteiger partial charge in [0, 0.05) is 44.1 Å². The van der Waals surface area contributed by atoms with Crippen molar-refractivity contribution < 1.29 is 14.7 Å². The summed E-state index contributed by atoms with van der Waals surface area (Å²) in [7, 11) is 0. The SMILES string of the molecule is Cc1nc2ccccn2c1/C(O)=C1/C(=O)C(=O)N(CCCn2ccnc2)C1c1cccnc1. The van der Waals surface area contributed by atoms with Gasteiger partial charge in [-0.1, -0.05) is 12.1 Å². The zero-order valence-electron chi connectivity index (χ0n) is 18.0. The van der Waals surface area contributed by atoms with E-state index in [1.165, 1.54) is 4.90 Å². The summed E-state index contributed by atoms with van der Waals surface area (Å²) in [6.45, 7) is 2.75. The van der Waals surface area contributed by atoms with Crippen LogP contribution < -0.4 is 0 Å². The molecule has 0 aromatic carbocycles. The number of ketones is 1. The molecule has 166 valence electrons. The van der Waals surface area contributed by atoms with Crippen molar-refractivity contribution in [3.63, 3.8) is 0 Å². The first-order valence-corrected chi connectivity index (χ1v) is 10.6. The van der Waals surface area contributed by atoms with E-state index in [1.807, 2.05) is 29.0 Å². The zero-order valence-corrected chi connectivity index (χ0v) is 18.0. The number of pyridine rings is 2. The Bertz CT molecular complexity index is 1360. The van der Waals surface area contributed by atoms with Gasteiger partial charge >= 0.3 is 0 Å². The molecule has 1 aliphatic rings. The maximum Gasteiger partial charge on any atom is 0.295 e. The normalized spacial score (nSPS) is 17.8. The average Bonchev–Trinajstić information content (AvgIpc) is 3.52. The number of imidazole rings is 2. The van der Waals surface area contributed by atoms with Gasteiger partial charge in [-0.25, -0.2) is 9.97 Å². The molecule has 0 radical (unpaired) electrons. The van der Waals surface area contributed by atoms with Crippen molar-refractivity contribution in [3.8, 4) is 0 Å². The van der Waals surface area contributed by atoms with Crippen LogP contribution in [0.2, 0.25) is 0 Å². The second kappa shape index (κ2) is 8.34. The van der Waals surface area contributed by atoms with Gasteiger partial charge in [-0.3, -0.25) is 19.0 Å². The molecule has 1 atom stereocenters. The van der Waals surface area contributed by atoms with Crippen molar-refractivity contribution in [1.29, 1.82) is 0 Å². The minimum atomic E-state index is -0.741. The minimum Gasteiger partial charge on any atom is -0.505 e. The number of aliphatic hydroxyl groups is 1. The molecule has 0 aliphatic carbocycles. The number of aliphatic hydroxyl groups excluding tert-OH is 1. The Morgan fingerprint density at radius 1 is 1.06 bits per heavy atom. The van der Waals surface area contributed by atoms with Gasteiger partial charge in [-0.2, -0.15) is 0 Å². The van der Waals surface area contributed by atoms with Crippen LogP contribution in [0.5, 0.6) is 0 Å². The first-order chi connectivity index (χ1) is 16.1. The van der Waals surface area contributed by atoms with E-state index >= 15 is 0 Å². The standard InChI is InChI=1S/C24H22N6O3/c1-16-20(29-11-3-2-7-18(29)27-16)22(31)19-21(17-6-4-8-25-14-17)30(24(33)23(19)32)12-5-10-28-13-9-26-15-28/h2-4,6-9,11,13-15,21,31H,5,10,12H2,1H3/b22-19-. The number of rotatable bonds is 6. The Labute approximate surface area is 189 Å². The molecule has 5 rings (SSSR count). The van der Waals surface area contributed by atoms with E-state index in [4.69, 9.17) is 0 Å². The van der Waals surface area contributed by atoms with Crippen LogP contribution >= 0.6 is 0 Å². The smallest absolute Gasteiger partial charge is 0.295 e. The molecule has 1 fully saturated rings. The van der Waals surface area contributed by atoms with Crippen molar-refractivity contribution in [2.75, 3.05) is 6.54 Å². The van der Waals surface area contributed by atoms with Crippen molar-refractivity contribution in [2.45, 2.75) is 25.9 Å². The lowest BCUT2D eigenvalue weighted by Gasteiger charge is -2.25. The fourth-order valence-electron chi connectivity index (χ4n) is 4.36. The van der Waals surface area contributed by atoms with Crippen LogP contribution in [0.15, 0.2) is 73.2 Å². The summed E-state index contributed by atoms with van der Waals surface area (Å²) < 4.78 is 3.63. The monoisotopic (exact) mass is 442 g/mol. The summed E-state index contributed by atoms with van der Waals surface area (Å²) in [5.74, 6) is -1.59. The molecule has 0 saturated carbocycles. The van der Waals surface area contributed by atoms with Crippen LogP contribution in [0.25, 0.3) is 11.4 Å². The lowest BCUT2D eigenvalue weighted by atomic mass is 9.97. The summed E-state index contributed by atoms with van der Waals surface area (Å²) in [4.78, 5) is 40.5. The third-order valence-electron chi connectivity index (χ3n) is 5.84. The maximum atomic E-state index is 13.2. The number of carbonyl (C=O) groups excluding carboxylic acids is 2. The van der Waals surface area contributed by atoms with Crippen molar-refractivity contribution in [1.82, 2.24) is 28.8 Å². The topological polar surface area (TPSA) is 106 Å².